The number of nitrogens with zero attached hydrogens (tertiary/aromatic N) is 3. The maximum absolute atomic E-state index is 13.3. The largest absolute Gasteiger partial charge is 0.338 e. The number of hydroxylamine groups is 1. The Bertz CT molecular complexity index is 1280. The smallest absolute Gasteiger partial charge is 0.274 e. The molecule has 0 spiro atoms. The van der Waals surface area contributed by atoms with Gasteiger partial charge in [0, 0.05) is 41.7 Å². The standard InChI is InChI=1S/C26H28N4O4/c1-3-12-28-15-23(31)30-16(2)24-20(13-22(30)26(28)33)19-6-4-5-7-21(19)29(24)14-17-8-10-18(11-9-17)25(32)27-34/h4-11,16,22,34H,3,12-15H2,1-2H3,(H,27,32)/t16-,22-/m0/s1. The molecular formula is C26H28N4O4. The lowest BCUT2D eigenvalue weighted by Crippen LogP contribution is -2.62. The molecule has 2 aliphatic rings. The third-order valence-corrected chi connectivity index (χ3v) is 7.03. The molecule has 2 aliphatic heterocycles. The number of amides is 3. The van der Waals surface area contributed by atoms with E-state index in [4.69, 9.17) is 5.21 Å². The molecule has 0 radical (unpaired) electrons. The lowest BCUT2D eigenvalue weighted by molar-refractivity contribution is -0.159. The highest BCUT2D eigenvalue weighted by atomic mass is 16.5. The average Bonchev–Trinajstić information content (AvgIpc) is 3.16. The second kappa shape index (κ2) is 8.61. The molecule has 2 N–H and O–H groups in total. The van der Waals surface area contributed by atoms with Gasteiger partial charge in [0.15, 0.2) is 0 Å². The summed E-state index contributed by atoms with van der Waals surface area (Å²) >= 11 is 0. The minimum absolute atomic E-state index is 0.00706. The van der Waals surface area contributed by atoms with Crippen LogP contribution in [0.25, 0.3) is 10.9 Å². The van der Waals surface area contributed by atoms with Crippen molar-refractivity contribution in [1.29, 1.82) is 0 Å². The van der Waals surface area contributed by atoms with Crippen LogP contribution in [0.5, 0.6) is 0 Å². The number of piperazine rings is 1. The summed E-state index contributed by atoms with van der Waals surface area (Å²) in [5.41, 5.74) is 6.25. The number of rotatable bonds is 5. The monoisotopic (exact) mass is 460 g/mol. The highest BCUT2D eigenvalue weighted by molar-refractivity contribution is 5.97. The second-order valence-corrected chi connectivity index (χ2v) is 9.06. The normalized spacial score (nSPS) is 19.9. The number of benzene rings is 2. The molecule has 3 aromatic rings. The summed E-state index contributed by atoms with van der Waals surface area (Å²) in [4.78, 5) is 41.6. The van der Waals surface area contributed by atoms with Crippen LogP contribution in [0.4, 0.5) is 0 Å². The molecule has 8 heteroatoms. The number of hydrogen-bond donors (Lipinski definition) is 2. The lowest BCUT2D eigenvalue weighted by atomic mass is 9.89. The Hall–Kier alpha value is -3.65. The summed E-state index contributed by atoms with van der Waals surface area (Å²) in [7, 11) is 0. The summed E-state index contributed by atoms with van der Waals surface area (Å²) in [5, 5.41) is 9.97. The van der Waals surface area contributed by atoms with Crippen LogP contribution in [-0.2, 0) is 22.6 Å². The van der Waals surface area contributed by atoms with Gasteiger partial charge in [-0.2, -0.15) is 0 Å². The van der Waals surface area contributed by atoms with Crippen LogP contribution in [0, 0.1) is 0 Å². The van der Waals surface area contributed by atoms with Gasteiger partial charge in [-0.25, -0.2) is 5.48 Å². The third kappa shape index (κ3) is 3.45. The van der Waals surface area contributed by atoms with Crippen molar-refractivity contribution < 1.29 is 19.6 Å². The second-order valence-electron chi connectivity index (χ2n) is 9.06. The molecule has 0 unspecified atom stereocenters. The highest BCUT2D eigenvalue weighted by Gasteiger charge is 2.46. The maximum Gasteiger partial charge on any atom is 0.274 e. The minimum Gasteiger partial charge on any atom is -0.338 e. The van der Waals surface area contributed by atoms with E-state index < -0.39 is 11.9 Å². The lowest BCUT2D eigenvalue weighted by Gasteiger charge is -2.46. The fraction of sp³-hybridized carbons (Fsp3) is 0.346. The number of nitrogens with one attached hydrogen (secondary N) is 1. The van der Waals surface area contributed by atoms with Gasteiger partial charge in [0.2, 0.25) is 11.8 Å². The van der Waals surface area contributed by atoms with E-state index >= 15 is 0 Å². The first kappa shape index (κ1) is 22.2. The summed E-state index contributed by atoms with van der Waals surface area (Å²) in [6.45, 7) is 5.32. The predicted octanol–water partition coefficient (Wildman–Crippen LogP) is 2.88. The number of carbonyl (C=O) groups is 3. The molecule has 176 valence electrons. The zero-order chi connectivity index (χ0) is 24.0. The van der Waals surface area contributed by atoms with Crippen molar-refractivity contribution in [3.8, 4) is 0 Å². The first-order chi connectivity index (χ1) is 16.4. The van der Waals surface area contributed by atoms with E-state index in [0.29, 0.717) is 25.1 Å². The molecule has 0 saturated carbocycles. The number of aromatic nitrogens is 1. The fourth-order valence-corrected chi connectivity index (χ4v) is 5.55. The summed E-state index contributed by atoms with van der Waals surface area (Å²) in [6, 6.07) is 14.5. The molecule has 0 bridgehead atoms. The minimum atomic E-state index is -0.555. The van der Waals surface area contributed by atoms with Crippen molar-refractivity contribution >= 4 is 28.6 Å². The van der Waals surface area contributed by atoms with Crippen LogP contribution < -0.4 is 5.48 Å². The topological polar surface area (TPSA) is 94.9 Å². The van der Waals surface area contributed by atoms with E-state index in [9.17, 15) is 14.4 Å². The van der Waals surface area contributed by atoms with Crippen molar-refractivity contribution in [2.24, 2.45) is 0 Å². The molecule has 3 heterocycles. The van der Waals surface area contributed by atoms with E-state index in [1.165, 1.54) is 0 Å². The summed E-state index contributed by atoms with van der Waals surface area (Å²) in [5.74, 6) is -0.527. The Kier molecular flexibility index (Phi) is 5.61. The van der Waals surface area contributed by atoms with Gasteiger partial charge in [-0.3, -0.25) is 19.6 Å². The van der Waals surface area contributed by atoms with Crippen LogP contribution in [0.2, 0.25) is 0 Å². The molecule has 1 aromatic heterocycles. The average molecular weight is 461 g/mol. The molecule has 5 rings (SSSR count). The molecule has 8 nitrogen and oxygen atoms in total. The quantitative estimate of drug-likeness (QED) is 0.452. The van der Waals surface area contributed by atoms with Crippen LogP contribution in [0.1, 0.15) is 53.5 Å². The number of fused-ring (bicyclic) bond motifs is 4. The third-order valence-electron chi connectivity index (χ3n) is 7.03. The molecule has 3 amide bonds. The Morgan fingerprint density at radius 1 is 1.12 bits per heavy atom. The number of hydrogen-bond acceptors (Lipinski definition) is 4. The van der Waals surface area contributed by atoms with Gasteiger partial charge in [0.25, 0.3) is 5.91 Å². The summed E-state index contributed by atoms with van der Waals surface area (Å²) in [6.07, 6.45) is 1.33. The van der Waals surface area contributed by atoms with E-state index in [0.717, 1.165) is 34.1 Å². The van der Waals surface area contributed by atoms with Crippen LogP contribution in [0.15, 0.2) is 48.5 Å². The van der Waals surface area contributed by atoms with Crippen molar-refractivity contribution in [1.82, 2.24) is 19.8 Å². The van der Waals surface area contributed by atoms with Gasteiger partial charge in [0.1, 0.15) is 6.04 Å². The molecular weight excluding hydrogens is 432 g/mol. The molecule has 34 heavy (non-hydrogen) atoms. The van der Waals surface area contributed by atoms with Crippen LogP contribution in [-0.4, -0.2) is 56.4 Å². The van der Waals surface area contributed by atoms with Crippen molar-refractivity contribution in [3.05, 3.63) is 70.9 Å². The molecule has 2 aromatic carbocycles. The van der Waals surface area contributed by atoms with Crippen LogP contribution in [0.3, 0.4) is 0 Å². The van der Waals surface area contributed by atoms with Crippen molar-refractivity contribution in [2.75, 3.05) is 13.1 Å². The van der Waals surface area contributed by atoms with Crippen molar-refractivity contribution in [3.63, 3.8) is 0 Å². The Morgan fingerprint density at radius 3 is 2.56 bits per heavy atom. The van der Waals surface area contributed by atoms with Gasteiger partial charge in [-0.15, -0.1) is 0 Å². The molecule has 1 fully saturated rings. The Labute approximate surface area is 197 Å². The first-order valence-corrected chi connectivity index (χ1v) is 11.7. The molecule has 1 saturated heterocycles. The zero-order valence-electron chi connectivity index (χ0n) is 19.3. The maximum atomic E-state index is 13.3. The van der Waals surface area contributed by atoms with Gasteiger partial charge in [0.05, 0.1) is 12.6 Å². The highest BCUT2D eigenvalue weighted by Crippen LogP contribution is 2.41. The van der Waals surface area contributed by atoms with Gasteiger partial charge in [-0.05, 0) is 42.7 Å². The molecule has 2 atom stereocenters. The van der Waals surface area contributed by atoms with E-state index in [2.05, 4.69) is 16.7 Å². The van der Waals surface area contributed by atoms with Crippen molar-refractivity contribution in [2.45, 2.75) is 45.3 Å². The Balaban J connectivity index is 1.58. The van der Waals surface area contributed by atoms with Crippen LogP contribution >= 0.6 is 0 Å². The molecule has 0 aliphatic carbocycles. The zero-order valence-corrected chi connectivity index (χ0v) is 19.3. The first-order valence-electron chi connectivity index (χ1n) is 11.7. The number of para-hydroxylation sites is 1. The summed E-state index contributed by atoms with van der Waals surface area (Å²) < 4.78 is 2.23. The van der Waals surface area contributed by atoms with Gasteiger partial charge in [-0.1, -0.05) is 37.3 Å². The van der Waals surface area contributed by atoms with Gasteiger partial charge < -0.3 is 14.4 Å². The number of carbonyl (C=O) groups excluding carboxylic acids is 3. The predicted molar refractivity (Wildman–Crippen MR) is 126 cm³/mol. The SMILES string of the molecule is CCCN1CC(=O)N2[C@@H](Cc3c(n(Cc4ccc(C(=O)NO)cc4)c4ccccc34)[C@@H]2C)C1=O. The van der Waals surface area contributed by atoms with E-state index in [1.54, 1.807) is 27.4 Å². The van der Waals surface area contributed by atoms with E-state index in [1.807, 2.05) is 38.1 Å². The fourth-order valence-electron chi connectivity index (χ4n) is 5.55. The van der Waals surface area contributed by atoms with Gasteiger partial charge >= 0.3 is 0 Å². The van der Waals surface area contributed by atoms with E-state index in [-0.39, 0.29) is 24.4 Å². The Morgan fingerprint density at radius 2 is 1.85 bits per heavy atom.